The lowest BCUT2D eigenvalue weighted by atomic mass is 10.0. The fraction of sp³-hybridized carbons (Fsp3) is 0.190. The second-order valence-corrected chi connectivity index (χ2v) is 7.96. The Hall–Kier alpha value is -2.99. The smallest absolute Gasteiger partial charge is 0.224 e. The molecule has 0 atom stereocenters. The number of anilines is 2. The second kappa shape index (κ2) is 6.03. The minimum atomic E-state index is -0.0448. The molecule has 0 spiro atoms. The predicted molar refractivity (Wildman–Crippen MR) is 111 cm³/mol. The number of fused-ring (bicyclic) bond motifs is 2. The van der Waals surface area contributed by atoms with Gasteiger partial charge in [0, 0.05) is 18.5 Å². The highest BCUT2D eigenvalue weighted by Gasteiger charge is 2.25. The topological polar surface area (TPSA) is 80.9 Å². The van der Waals surface area contributed by atoms with Gasteiger partial charge >= 0.3 is 0 Å². The molecule has 4 aromatic rings. The molecule has 1 saturated carbocycles. The van der Waals surface area contributed by atoms with Crippen LogP contribution in [0, 0.1) is 0 Å². The number of carbonyl (C=O) groups is 1. The van der Waals surface area contributed by atoms with E-state index in [9.17, 15) is 4.79 Å². The summed E-state index contributed by atoms with van der Waals surface area (Å²) in [6.45, 7) is 1.54. The van der Waals surface area contributed by atoms with Crippen molar-refractivity contribution in [3.8, 4) is 11.3 Å². The van der Waals surface area contributed by atoms with Gasteiger partial charge in [0.05, 0.1) is 21.6 Å². The third-order valence-electron chi connectivity index (χ3n) is 4.84. The van der Waals surface area contributed by atoms with Crippen LogP contribution in [0.5, 0.6) is 0 Å². The molecule has 2 aromatic heterocycles. The molecular formula is C21H18N4OS. The van der Waals surface area contributed by atoms with Crippen LogP contribution in [0.25, 0.3) is 32.2 Å². The van der Waals surface area contributed by atoms with Gasteiger partial charge in [0.25, 0.3) is 0 Å². The maximum absolute atomic E-state index is 12.0. The zero-order valence-electron chi connectivity index (χ0n) is 14.8. The number of nitrogens with zero attached hydrogens (tertiary/aromatic N) is 2. The Morgan fingerprint density at radius 1 is 1.15 bits per heavy atom. The number of nitrogen functional groups attached to an aromatic ring is 1. The summed E-state index contributed by atoms with van der Waals surface area (Å²) in [5.74, 6) is 0.557. The highest BCUT2D eigenvalue weighted by molar-refractivity contribution is 7.21. The van der Waals surface area contributed by atoms with Crippen LogP contribution in [0.15, 0.2) is 42.5 Å². The van der Waals surface area contributed by atoms with E-state index in [4.69, 9.17) is 10.7 Å². The molecule has 0 saturated heterocycles. The lowest BCUT2D eigenvalue weighted by molar-refractivity contribution is 0.102. The molecular weight excluding hydrogens is 356 g/mol. The monoisotopic (exact) mass is 374 g/mol. The number of Topliss-reactive ketones (excluding diaryl/α,β-unsaturated/α-hetero) is 1. The summed E-state index contributed by atoms with van der Waals surface area (Å²) in [4.78, 5) is 22.7. The molecule has 0 unspecified atom stereocenters. The van der Waals surface area contributed by atoms with Gasteiger partial charge in [-0.3, -0.25) is 4.79 Å². The predicted octanol–water partition coefficient (Wildman–Crippen LogP) is 4.87. The lowest BCUT2D eigenvalue weighted by Crippen LogP contribution is -2.06. The average Bonchev–Trinajstić information content (AvgIpc) is 3.42. The third kappa shape index (κ3) is 2.82. The summed E-state index contributed by atoms with van der Waals surface area (Å²) in [5.41, 5.74) is 8.56. The van der Waals surface area contributed by atoms with E-state index in [-0.39, 0.29) is 5.78 Å². The van der Waals surface area contributed by atoms with E-state index in [2.05, 4.69) is 40.6 Å². The molecule has 2 aromatic carbocycles. The lowest BCUT2D eigenvalue weighted by Gasteiger charge is -2.09. The summed E-state index contributed by atoms with van der Waals surface area (Å²) in [6, 6.07) is 14.9. The summed E-state index contributed by atoms with van der Waals surface area (Å²) < 4.78 is 0. The van der Waals surface area contributed by atoms with Gasteiger partial charge in [-0.15, -0.1) is 11.3 Å². The Balaban J connectivity index is 1.77. The first-order chi connectivity index (χ1) is 13.1. The maximum atomic E-state index is 12.0. The number of nitrogens with one attached hydrogen (secondary N) is 1. The van der Waals surface area contributed by atoms with Crippen LogP contribution in [0.4, 0.5) is 11.6 Å². The van der Waals surface area contributed by atoms with Crippen LogP contribution in [0.3, 0.4) is 0 Å². The molecule has 6 heteroatoms. The van der Waals surface area contributed by atoms with Crippen LogP contribution in [0.1, 0.15) is 29.4 Å². The van der Waals surface area contributed by atoms with Gasteiger partial charge < -0.3 is 11.1 Å². The number of benzene rings is 2. The second-order valence-electron chi connectivity index (χ2n) is 6.96. The molecule has 134 valence electrons. The van der Waals surface area contributed by atoms with E-state index in [0.717, 1.165) is 39.7 Å². The molecule has 1 aliphatic carbocycles. The van der Waals surface area contributed by atoms with Crippen molar-refractivity contribution in [1.82, 2.24) is 9.97 Å². The van der Waals surface area contributed by atoms with E-state index in [1.165, 1.54) is 23.6 Å². The van der Waals surface area contributed by atoms with Crippen molar-refractivity contribution in [2.45, 2.75) is 25.8 Å². The molecule has 5 nitrogen and oxygen atoms in total. The number of hydrogen-bond donors (Lipinski definition) is 2. The zero-order chi connectivity index (χ0) is 18.5. The highest BCUT2D eigenvalue weighted by Crippen LogP contribution is 2.40. The molecule has 5 rings (SSSR count). The first-order valence-electron chi connectivity index (χ1n) is 8.97. The van der Waals surface area contributed by atoms with E-state index in [1.807, 2.05) is 12.1 Å². The van der Waals surface area contributed by atoms with Gasteiger partial charge in [0.15, 0.2) is 5.78 Å². The van der Waals surface area contributed by atoms with Crippen molar-refractivity contribution in [1.29, 1.82) is 0 Å². The van der Waals surface area contributed by atoms with Crippen molar-refractivity contribution >= 4 is 49.7 Å². The molecule has 27 heavy (non-hydrogen) atoms. The van der Waals surface area contributed by atoms with Crippen molar-refractivity contribution in [3.05, 3.63) is 47.3 Å². The number of thiophene rings is 1. The SMILES string of the molecule is CC(=O)c1sc2nc(NC3CC3)nc(-c3ccc4ccccc4c3)c2c1N. The van der Waals surface area contributed by atoms with Gasteiger partial charge in [0.2, 0.25) is 5.95 Å². The Labute approximate surface area is 160 Å². The van der Waals surface area contributed by atoms with Crippen LogP contribution in [0.2, 0.25) is 0 Å². The number of carbonyl (C=O) groups excluding carboxylic acids is 1. The Bertz CT molecular complexity index is 1210. The summed E-state index contributed by atoms with van der Waals surface area (Å²) in [5, 5.41) is 6.45. The minimum Gasteiger partial charge on any atom is -0.397 e. The number of rotatable bonds is 4. The zero-order valence-corrected chi connectivity index (χ0v) is 15.6. The number of nitrogens with two attached hydrogens (primary N) is 1. The van der Waals surface area contributed by atoms with Crippen LogP contribution < -0.4 is 11.1 Å². The van der Waals surface area contributed by atoms with Gasteiger partial charge in [-0.25, -0.2) is 9.97 Å². The van der Waals surface area contributed by atoms with Gasteiger partial charge in [-0.05, 0) is 29.7 Å². The van der Waals surface area contributed by atoms with E-state index in [1.54, 1.807) is 0 Å². The van der Waals surface area contributed by atoms with Crippen LogP contribution in [-0.2, 0) is 0 Å². The molecule has 1 fully saturated rings. The summed E-state index contributed by atoms with van der Waals surface area (Å²) in [7, 11) is 0. The number of hydrogen-bond acceptors (Lipinski definition) is 6. The standard InChI is InChI=1S/C21H18N4OS/c1-11(26)19-17(22)16-18(14-7-6-12-4-2-3-5-13(12)10-14)24-21(23-15-8-9-15)25-20(16)27-19/h2-7,10,15H,8-9,22H2,1H3,(H,23,24,25). The quantitative estimate of drug-likeness (QED) is 0.498. The largest absolute Gasteiger partial charge is 0.397 e. The highest BCUT2D eigenvalue weighted by atomic mass is 32.1. The van der Waals surface area contributed by atoms with Crippen molar-refractivity contribution in [3.63, 3.8) is 0 Å². The average molecular weight is 374 g/mol. The third-order valence-corrected chi connectivity index (χ3v) is 6.04. The molecule has 3 N–H and O–H groups in total. The maximum Gasteiger partial charge on any atom is 0.224 e. The van der Waals surface area contributed by atoms with E-state index >= 15 is 0 Å². The fourth-order valence-corrected chi connectivity index (χ4v) is 4.29. The minimum absolute atomic E-state index is 0.0448. The molecule has 1 aliphatic rings. The fourth-order valence-electron chi connectivity index (χ4n) is 3.30. The first kappa shape index (κ1) is 16.2. The molecule has 0 radical (unpaired) electrons. The van der Waals surface area contributed by atoms with E-state index < -0.39 is 0 Å². The van der Waals surface area contributed by atoms with E-state index in [0.29, 0.717) is 22.6 Å². The molecule has 0 aliphatic heterocycles. The Morgan fingerprint density at radius 2 is 1.93 bits per heavy atom. The summed E-state index contributed by atoms with van der Waals surface area (Å²) in [6.07, 6.45) is 2.27. The normalized spacial score (nSPS) is 14.0. The summed E-state index contributed by atoms with van der Waals surface area (Å²) >= 11 is 1.34. The van der Waals surface area contributed by atoms with Crippen LogP contribution in [-0.4, -0.2) is 21.8 Å². The Kier molecular flexibility index (Phi) is 3.62. The molecule has 0 amide bonds. The Morgan fingerprint density at radius 3 is 2.67 bits per heavy atom. The number of aromatic nitrogens is 2. The van der Waals surface area contributed by atoms with Crippen molar-refractivity contribution < 1.29 is 4.79 Å². The van der Waals surface area contributed by atoms with Crippen molar-refractivity contribution in [2.24, 2.45) is 0 Å². The van der Waals surface area contributed by atoms with Crippen LogP contribution >= 0.6 is 11.3 Å². The van der Waals surface area contributed by atoms with Crippen molar-refractivity contribution in [2.75, 3.05) is 11.1 Å². The molecule has 0 bridgehead atoms. The molecule has 2 heterocycles. The first-order valence-corrected chi connectivity index (χ1v) is 9.78. The van der Waals surface area contributed by atoms with Gasteiger partial charge in [0.1, 0.15) is 4.83 Å². The number of ketones is 1. The van der Waals surface area contributed by atoms with Gasteiger partial charge in [-0.2, -0.15) is 0 Å². The van der Waals surface area contributed by atoms with Gasteiger partial charge in [-0.1, -0.05) is 36.4 Å².